The van der Waals surface area contributed by atoms with E-state index in [1.54, 1.807) is 0 Å². The number of nitrogens with zero attached hydrogens (tertiary/aromatic N) is 2. The molecule has 2 aromatic carbocycles. The maximum Gasteiger partial charge on any atom is 0.256 e. The van der Waals surface area contributed by atoms with Crippen molar-refractivity contribution in [3.63, 3.8) is 0 Å². The van der Waals surface area contributed by atoms with E-state index >= 15 is 0 Å². The number of hydrogen-bond donors (Lipinski definition) is 2. The van der Waals surface area contributed by atoms with Crippen LogP contribution in [0.4, 0.5) is 28.9 Å². The molecule has 2 aromatic heterocycles. The maximum absolute atomic E-state index is 13.8. The van der Waals surface area contributed by atoms with E-state index in [1.165, 1.54) is 48.8 Å². The van der Waals surface area contributed by atoms with E-state index < -0.39 is 29.2 Å². The average Bonchev–Trinajstić information content (AvgIpc) is 3.46. The lowest BCUT2D eigenvalue weighted by Gasteiger charge is -2.02. The zero-order chi connectivity index (χ0) is 31.4. The molecule has 220 valence electrons. The van der Waals surface area contributed by atoms with Gasteiger partial charge in [0.2, 0.25) is 5.91 Å². The van der Waals surface area contributed by atoms with Gasteiger partial charge in [0.1, 0.15) is 11.6 Å². The Kier molecular flexibility index (Phi) is 10.0. The summed E-state index contributed by atoms with van der Waals surface area (Å²) in [7, 11) is 0. The van der Waals surface area contributed by atoms with Crippen LogP contribution in [0, 0.1) is 23.3 Å². The van der Waals surface area contributed by atoms with Crippen molar-refractivity contribution in [3.05, 3.63) is 115 Å². The molecule has 2 aliphatic heterocycles. The second-order valence-corrected chi connectivity index (χ2v) is 10.1. The van der Waals surface area contributed by atoms with Crippen molar-refractivity contribution in [1.82, 2.24) is 9.97 Å². The van der Waals surface area contributed by atoms with Gasteiger partial charge in [-0.3, -0.25) is 14.4 Å². The van der Waals surface area contributed by atoms with Crippen LogP contribution in [0.1, 0.15) is 27.0 Å². The summed E-state index contributed by atoms with van der Waals surface area (Å²) in [5.74, 6) is -3.25. The summed E-state index contributed by atoms with van der Waals surface area (Å²) in [6.45, 7) is 0. The van der Waals surface area contributed by atoms with E-state index in [9.17, 15) is 31.9 Å². The lowest BCUT2D eigenvalue weighted by Crippen LogP contribution is -2.03. The number of benzene rings is 2. The van der Waals surface area contributed by atoms with Gasteiger partial charge in [0.15, 0.2) is 28.2 Å². The minimum Gasteiger partial charge on any atom is -0.325 e. The van der Waals surface area contributed by atoms with Crippen molar-refractivity contribution < 1.29 is 31.9 Å². The zero-order valence-corrected chi connectivity index (χ0v) is 24.1. The summed E-state index contributed by atoms with van der Waals surface area (Å²) in [4.78, 5) is 39.8. The first-order chi connectivity index (χ1) is 20.4. The molecule has 43 heavy (non-hydrogen) atoms. The van der Waals surface area contributed by atoms with Gasteiger partial charge in [-0.1, -0.05) is 46.4 Å². The average molecular weight is 672 g/mol. The summed E-state index contributed by atoms with van der Waals surface area (Å²) in [6, 6.07) is 7.77. The van der Waals surface area contributed by atoms with E-state index in [-0.39, 0.29) is 49.4 Å². The van der Waals surface area contributed by atoms with Crippen LogP contribution in [0.25, 0.3) is 11.6 Å². The molecule has 2 aliphatic rings. The standard InChI is InChI=1S/C14H6Cl2F2N2O.C8H5ClFNO.C6H3ClFNO/c15-9-5-11-7(4-10(9)17)8(14(21)20-11)3-6-1-2-19-13(16)12(6)18;9-5-3-7-4(1-6(5)10)2-8(12)11-7;7-6-5(8)4(3-10)1-2-9-6/h1-5H,(H,20,21);1,3H,2H2,(H,11,12);1-3H. The Bertz CT molecular complexity index is 1790. The molecule has 0 bridgehead atoms. The minimum absolute atomic E-state index is 0.0379. The molecule has 6 rings (SSSR count). The van der Waals surface area contributed by atoms with Crippen LogP contribution in [-0.2, 0) is 16.0 Å². The third-order valence-electron chi connectivity index (χ3n) is 5.79. The Labute approximate surface area is 260 Å². The second kappa shape index (κ2) is 13.5. The third-order valence-corrected chi connectivity index (χ3v) is 6.90. The highest BCUT2D eigenvalue weighted by Gasteiger charge is 2.26. The molecule has 0 aliphatic carbocycles. The number of pyridine rings is 2. The summed E-state index contributed by atoms with van der Waals surface area (Å²) >= 11 is 22.0. The fraction of sp³-hybridized carbons (Fsp3) is 0.0357. The molecule has 0 unspecified atom stereocenters. The molecule has 15 heteroatoms. The molecule has 0 saturated carbocycles. The fourth-order valence-electron chi connectivity index (χ4n) is 3.77. The van der Waals surface area contributed by atoms with Crippen LogP contribution in [0.2, 0.25) is 20.4 Å². The summed E-state index contributed by atoms with van der Waals surface area (Å²) in [6.07, 6.45) is 4.51. The second-order valence-electron chi connectivity index (χ2n) is 8.60. The predicted molar refractivity (Wildman–Crippen MR) is 155 cm³/mol. The third kappa shape index (κ3) is 7.31. The number of fused-ring (bicyclic) bond motifs is 2. The summed E-state index contributed by atoms with van der Waals surface area (Å²) < 4.78 is 52.8. The number of carbonyl (C=O) groups excluding carboxylic acids is 3. The Hall–Kier alpha value is -4.03. The first-order valence-electron chi connectivity index (χ1n) is 11.7. The molecule has 0 fully saturated rings. The highest BCUT2D eigenvalue weighted by atomic mass is 35.5. The van der Waals surface area contributed by atoms with Gasteiger partial charge in [-0.05, 0) is 48.0 Å². The van der Waals surface area contributed by atoms with Gasteiger partial charge in [0, 0.05) is 34.8 Å². The highest BCUT2D eigenvalue weighted by molar-refractivity contribution is 6.37. The van der Waals surface area contributed by atoms with Crippen molar-refractivity contribution in [3.8, 4) is 0 Å². The van der Waals surface area contributed by atoms with Crippen LogP contribution in [0.15, 0.2) is 48.8 Å². The molecule has 0 atom stereocenters. The summed E-state index contributed by atoms with van der Waals surface area (Å²) in [5, 5.41) is 4.48. The zero-order valence-electron chi connectivity index (χ0n) is 21.1. The molecule has 4 aromatic rings. The van der Waals surface area contributed by atoms with Crippen molar-refractivity contribution in [2.45, 2.75) is 6.42 Å². The normalized spacial score (nSPS) is 13.6. The first kappa shape index (κ1) is 31.9. The van der Waals surface area contributed by atoms with Crippen LogP contribution >= 0.6 is 46.4 Å². The van der Waals surface area contributed by atoms with Crippen LogP contribution in [-0.4, -0.2) is 28.1 Å². The number of carbonyl (C=O) groups is 3. The predicted octanol–water partition coefficient (Wildman–Crippen LogP) is 7.82. The van der Waals surface area contributed by atoms with Gasteiger partial charge < -0.3 is 10.6 Å². The van der Waals surface area contributed by atoms with E-state index in [0.29, 0.717) is 28.8 Å². The number of anilines is 2. The van der Waals surface area contributed by atoms with Gasteiger partial charge in [-0.25, -0.2) is 27.5 Å². The molecule has 0 spiro atoms. The van der Waals surface area contributed by atoms with E-state index in [0.717, 1.165) is 6.07 Å². The van der Waals surface area contributed by atoms with Gasteiger partial charge in [0.25, 0.3) is 5.91 Å². The molecule has 2 amide bonds. The number of rotatable bonds is 2. The molecular weight excluding hydrogens is 658 g/mol. The monoisotopic (exact) mass is 670 g/mol. The topological polar surface area (TPSA) is 101 Å². The summed E-state index contributed by atoms with van der Waals surface area (Å²) in [5.41, 5.74) is 2.12. The first-order valence-corrected chi connectivity index (χ1v) is 13.3. The fourth-order valence-corrected chi connectivity index (χ4v) is 4.43. The van der Waals surface area contributed by atoms with Crippen LogP contribution < -0.4 is 10.6 Å². The number of nitrogens with one attached hydrogen (secondary N) is 2. The SMILES string of the molecule is O=C1Cc2cc(F)c(Cl)cc2N1.O=C1Nc2cc(Cl)c(F)cc2C1=Cc1ccnc(Cl)c1F.O=Cc1ccnc(Cl)c1F. The number of hydrogen-bond acceptors (Lipinski definition) is 5. The van der Waals surface area contributed by atoms with Gasteiger partial charge in [0.05, 0.1) is 27.7 Å². The highest BCUT2D eigenvalue weighted by Crippen LogP contribution is 2.37. The molecule has 4 heterocycles. The van der Waals surface area contributed by atoms with Crippen LogP contribution in [0.3, 0.4) is 0 Å². The quantitative estimate of drug-likeness (QED) is 0.0980. The Morgan fingerprint density at radius 2 is 1.30 bits per heavy atom. The largest absolute Gasteiger partial charge is 0.325 e. The lowest BCUT2D eigenvalue weighted by molar-refractivity contribution is -0.115. The van der Waals surface area contributed by atoms with Gasteiger partial charge in [-0.2, -0.15) is 0 Å². The van der Waals surface area contributed by atoms with Crippen molar-refractivity contribution in [2.75, 3.05) is 10.6 Å². The molecule has 7 nitrogen and oxygen atoms in total. The lowest BCUT2D eigenvalue weighted by atomic mass is 10.0. The van der Waals surface area contributed by atoms with Gasteiger partial charge in [-0.15, -0.1) is 0 Å². The molecular formula is C28H14Cl4F4N4O3. The van der Waals surface area contributed by atoms with Crippen LogP contribution in [0.5, 0.6) is 0 Å². The molecule has 2 N–H and O–H groups in total. The Morgan fingerprint density at radius 3 is 1.91 bits per heavy atom. The van der Waals surface area contributed by atoms with E-state index in [2.05, 4.69) is 20.6 Å². The van der Waals surface area contributed by atoms with Crippen molar-refractivity contribution in [1.29, 1.82) is 0 Å². The van der Waals surface area contributed by atoms with Crippen molar-refractivity contribution in [2.24, 2.45) is 0 Å². The Morgan fingerprint density at radius 1 is 0.744 bits per heavy atom. The maximum atomic E-state index is 13.8. The molecule has 0 saturated heterocycles. The Balaban J connectivity index is 0.000000163. The van der Waals surface area contributed by atoms with E-state index in [4.69, 9.17) is 46.4 Å². The van der Waals surface area contributed by atoms with E-state index in [1.807, 2.05) is 0 Å². The molecule has 0 radical (unpaired) electrons. The number of aldehydes is 1. The van der Waals surface area contributed by atoms with Crippen molar-refractivity contribution >= 4 is 87.5 Å². The van der Waals surface area contributed by atoms with Gasteiger partial charge >= 0.3 is 0 Å². The number of halogens is 8. The number of aromatic nitrogens is 2. The number of amides is 2. The minimum atomic E-state index is -0.765. The smallest absolute Gasteiger partial charge is 0.256 e.